The van der Waals surface area contributed by atoms with Crippen molar-refractivity contribution in [1.29, 1.82) is 0 Å². The zero-order chi connectivity index (χ0) is 25.0. The average molecular weight is 471 g/mol. The molecule has 0 bridgehead atoms. The van der Waals surface area contributed by atoms with Gasteiger partial charge in [-0.05, 0) is 37.1 Å². The first-order valence-corrected chi connectivity index (χ1v) is 10.7. The number of benzene rings is 3. The lowest BCUT2D eigenvalue weighted by Crippen LogP contribution is -2.39. The van der Waals surface area contributed by atoms with Gasteiger partial charge >= 0.3 is 0 Å². The highest BCUT2D eigenvalue weighted by Crippen LogP contribution is 2.22. The Hall–Kier alpha value is -4.79. The van der Waals surface area contributed by atoms with Gasteiger partial charge in [-0.3, -0.25) is 15.0 Å². The first kappa shape index (κ1) is 24.8. The van der Waals surface area contributed by atoms with Crippen molar-refractivity contribution < 1.29 is 14.3 Å². The maximum Gasteiger partial charge on any atom is 0.297 e. The smallest absolute Gasteiger partial charge is 0.297 e. The standard InChI is InChI=1S/C26H26N6O3/c1-18-8-6-10-20(14-18)16-27-31-25(33)24(30-29-22-12-4-5-13-23(22)35-3)26(34)32-28-17-21-11-7-9-19(2)15-21/h4-17,29H,1-3H3,(H,31,33)(H,32,34)/b27-16-,28-17+,30-24?. The summed E-state index contributed by atoms with van der Waals surface area (Å²) in [7, 11) is 1.50. The molecule has 0 aromatic heterocycles. The molecule has 0 saturated heterocycles. The second kappa shape index (κ2) is 12.4. The van der Waals surface area contributed by atoms with E-state index in [4.69, 9.17) is 4.74 Å². The topological polar surface area (TPSA) is 117 Å². The molecule has 9 nitrogen and oxygen atoms in total. The number of hydrogen-bond acceptors (Lipinski definition) is 7. The molecule has 3 aromatic carbocycles. The SMILES string of the molecule is COc1ccccc1NN=C(C(=O)N/N=C\c1cccc(C)c1)C(=O)N/N=C/c1cccc(C)c1. The van der Waals surface area contributed by atoms with Crippen LogP contribution in [0.4, 0.5) is 5.69 Å². The minimum absolute atomic E-state index is 0.472. The number of nitrogens with zero attached hydrogens (tertiary/aromatic N) is 3. The summed E-state index contributed by atoms with van der Waals surface area (Å²) in [6.07, 6.45) is 2.95. The number of carbonyl (C=O) groups excluding carboxylic acids is 2. The fourth-order valence-electron chi connectivity index (χ4n) is 3.00. The molecule has 35 heavy (non-hydrogen) atoms. The maximum absolute atomic E-state index is 12.8. The van der Waals surface area contributed by atoms with Gasteiger partial charge in [-0.25, -0.2) is 10.9 Å². The van der Waals surface area contributed by atoms with Gasteiger partial charge in [0, 0.05) is 0 Å². The summed E-state index contributed by atoms with van der Waals surface area (Å²) in [5, 5.41) is 11.9. The van der Waals surface area contributed by atoms with Crippen molar-refractivity contribution in [3.63, 3.8) is 0 Å². The van der Waals surface area contributed by atoms with Gasteiger partial charge in [-0.1, -0.05) is 71.8 Å². The number of ether oxygens (including phenoxy) is 1. The normalized spacial score (nSPS) is 11.5. The van der Waals surface area contributed by atoms with Crippen LogP contribution in [0.25, 0.3) is 0 Å². The van der Waals surface area contributed by atoms with E-state index in [0.717, 1.165) is 22.3 Å². The van der Waals surface area contributed by atoms with Crippen molar-refractivity contribution >= 4 is 35.6 Å². The summed E-state index contributed by atoms with van der Waals surface area (Å²) in [4.78, 5) is 25.5. The van der Waals surface area contributed by atoms with E-state index >= 15 is 0 Å². The van der Waals surface area contributed by atoms with Gasteiger partial charge in [-0.15, -0.1) is 0 Å². The van der Waals surface area contributed by atoms with Crippen LogP contribution in [0.3, 0.4) is 0 Å². The number of hydrogen-bond donors (Lipinski definition) is 3. The lowest BCUT2D eigenvalue weighted by atomic mass is 10.2. The molecule has 3 N–H and O–H groups in total. The van der Waals surface area contributed by atoms with Gasteiger partial charge in [0.15, 0.2) is 0 Å². The Morgan fingerprint density at radius 1 is 0.771 bits per heavy atom. The number of amides is 2. The largest absolute Gasteiger partial charge is 0.495 e. The van der Waals surface area contributed by atoms with Crippen molar-refractivity contribution in [2.45, 2.75) is 13.8 Å². The third-order valence-corrected chi connectivity index (χ3v) is 4.67. The first-order valence-electron chi connectivity index (χ1n) is 10.7. The van der Waals surface area contributed by atoms with E-state index in [-0.39, 0.29) is 0 Å². The molecule has 0 aliphatic rings. The van der Waals surface area contributed by atoms with Crippen LogP contribution in [-0.2, 0) is 9.59 Å². The molecule has 9 heteroatoms. The van der Waals surface area contributed by atoms with E-state index in [9.17, 15) is 9.59 Å². The van der Waals surface area contributed by atoms with Crippen molar-refractivity contribution in [2.24, 2.45) is 15.3 Å². The molecule has 0 atom stereocenters. The quantitative estimate of drug-likeness (QED) is 0.252. The van der Waals surface area contributed by atoms with Crippen LogP contribution < -0.4 is 21.0 Å². The predicted octanol–water partition coefficient (Wildman–Crippen LogP) is 3.38. The number of methoxy groups -OCH3 is 1. The van der Waals surface area contributed by atoms with E-state index in [2.05, 4.69) is 31.6 Å². The fraction of sp³-hybridized carbons (Fsp3) is 0.115. The van der Waals surface area contributed by atoms with Crippen LogP contribution in [0.2, 0.25) is 0 Å². The predicted molar refractivity (Wildman–Crippen MR) is 138 cm³/mol. The molecule has 0 fully saturated rings. The molecule has 178 valence electrons. The van der Waals surface area contributed by atoms with Gasteiger partial charge in [0.2, 0.25) is 5.71 Å². The molecule has 3 aromatic rings. The fourth-order valence-corrected chi connectivity index (χ4v) is 3.00. The zero-order valence-corrected chi connectivity index (χ0v) is 19.6. The lowest BCUT2D eigenvalue weighted by Gasteiger charge is -2.08. The van der Waals surface area contributed by atoms with E-state index in [0.29, 0.717) is 11.4 Å². The number of aryl methyl sites for hydroxylation is 2. The monoisotopic (exact) mass is 470 g/mol. The van der Waals surface area contributed by atoms with E-state index in [1.54, 1.807) is 24.3 Å². The highest BCUT2D eigenvalue weighted by atomic mass is 16.5. The molecule has 0 saturated carbocycles. The molecule has 0 unspecified atom stereocenters. The molecule has 0 aliphatic heterocycles. The van der Waals surface area contributed by atoms with Gasteiger partial charge in [0.25, 0.3) is 11.8 Å². The minimum atomic E-state index is -0.820. The van der Waals surface area contributed by atoms with Crippen molar-refractivity contribution in [1.82, 2.24) is 10.9 Å². The van der Waals surface area contributed by atoms with Gasteiger partial charge in [0.05, 0.1) is 25.2 Å². The molecule has 0 aliphatic carbocycles. The second-order valence-corrected chi connectivity index (χ2v) is 7.50. The van der Waals surface area contributed by atoms with Crippen LogP contribution in [0.15, 0.2) is 88.1 Å². The third kappa shape index (κ3) is 7.64. The molecular formula is C26H26N6O3. The van der Waals surface area contributed by atoms with Crippen molar-refractivity contribution in [3.8, 4) is 5.75 Å². The summed E-state index contributed by atoms with van der Waals surface area (Å²) in [5.41, 5.74) is 11.0. The number of para-hydroxylation sites is 2. The second-order valence-electron chi connectivity index (χ2n) is 7.50. The number of carbonyl (C=O) groups is 2. The highest BCUT2D eigenvalue weighted by molar-refractivity contribution is 6.65. The maximum atomic E-state index is 12.8. The zero-order valence-electron chi connectivity index (χ0n) is 19.6. The average Bonchev–Trinajstić information content (AvgIpc) is 2.84. The Morgan fingerprint density at radius 2 is 1.31 bits per heavy atom. The van der Waals surface area contributed by atoms with Gasteiger partial charge < -0.3 is 4.74 Å². The minimum Gasteiger partial charge on any atom is -0.495 e. The van der Waals surface area contributed by atoms with E-state index in [1.807, 2.05) is 62.4 Å². The number of rotatable bonds is 9. The highest BCUT2D eigenvalue weighted by Gasteiger charge is 2.21. The Kier molecular flexibility index (Phi) is 8.84. The molecule has 0 spiro atoms. The Bertz CT molecular complexity index is 1210. The summed E-state index contributed by atoms with van der Waals surface area (Å²) in [6, 6.07) is 22.1. The Labute approximate surface area is 203 Å². The van der Waals surface area contributed by atoms with Crippen molar-refractivity contribution in [3.05, 3.63) is 95.1 Å². The van der Waals surface area contributed by atoms with Gasteiger partial charge in [0.1, 0.15) is 5.75 Å². The Morgan fingerprint density at radius 3 is 1.83 bits per heavy atom. The van der Waals surface area contributed by atoms with E-state index in [1.165, 1.54) is 19.5 Å². The van der Waals surface area contributed by atoms with Crippen LogP contribution in [0, 0.1) is 13.8 Å². The van der Waals surface area contributed by atoms with Crippen LogP contribution in [0.1, 0.15) is 22.3 Å². The molecular weight excluding hydrogens is 444 g/mol. The van der Waals surface area contributed by atoms with Gasteiger partial charge in [-0.2, -0.15) is 15.3 Å². The number of anilines is 1. The van der Waals surface area contributed by atoms with E-state index < -0.39 is 17.5 Å². The molecule has 0 radical (unpaired) electrons. The summed E-state index contributed by atoms with van der Waals surface area (Å²) < 4.78 is 5.27. The first-order chi connectivity index (χ1) is 17.0. The van der Waals surface area contributed by atoms with Crippen LogP contribution >= 0.6 is 0 Å². The summed E-state index contributed by atoms with van der Waals surface area (Å²) in [6.45, 7) is 3.90. The molecule has 0 heterocycles. The Balaban J connectivity index is 1.77. The van der Waals surface area contributed by atoms with Crippen LogP contribution in [-0.4, -0.2) is 37.1 Å². The molecule has 2 amide bonds. The summed E-state index contributed by atoms with van der Waals surface area (Å²) in [5.74, 6) is -1.15. The van der Waals surface area contributed by atoms with Crippen molar-refractivity contribution in [2.75, 3.05) is 12.5 Å². The number of nitrogens with one attached hydrogen (secondary N) is 3. The molecule has 3 rings (SSSR count). The number of hydrazone groups is 3. The van der Waals surface area contributed by atoms with Crippen LogP contribution in [0.5, 0.6) is 5.75 Å². The summed E-state index contributed by atoms with van der Waals surface area (Å²) >= 11 is 0. The third-order valence-electron chi connectivity index (χ3n) is 4.67. The lowest BCUT2D eigenvalue weighted by molar-refractivity contribution is -0.118.